The predicted octanol–water partition coefficient (Wildman–Crippen LogP) is 0.600. The molecule has 3 rings (SSSR count). The van der Waals surface area contributed by atoms with E-state index in [9.17, 15) is 9.59 Å². The number of rotatable bonds is 3. The predicted molar refractivity (Wildman–Crippen MR) is 75.3 cm³/mol. The minimum atomic E-state index is -1.10. The van der Waals surface area contributed by atoms with Crippen molar-refractivity contribution >= 4 is 35.1 Å². The molecule has 0 aliphatic rings. The van der Waals surface area contributed by atoms with Crippen LogP contribution in [0.2, 0.25) is 0 Å². The van der Waals surface area contributed by atoms with Crippen molar-refractivity contribution in [1.29, 1.82) is 0 Å². The first-order valence-corrected chi connectivity index (χ1v) is 6.44. The van der Waals surface area contributed by atoms with Gasteiger partial charge in [0.25, 0.3) is 5.56 Å². The van der Waals surface area contributed by atoms with Crippen LogP contribution in [0, 0.1) is 0 Å². The van der Waals surface area contributed by atoms with Crippen molar-refractivity contribution in [3.8, 4) is 0 Å². The third-order valence-electron chi connectivity index (χ3n) is 3.10. The Kier molecular flexibility index (Phi) is 2.94. The summed E-state index contributed by atoms with van der Waals surface area (Å²) >= 11 is 3.98. The second-order valence-electron chi connectivity index (χ2n) is 4.22. The van der Waals surface area contributed by atoms with Crippen LogP contribution in [0.5, 0.6) is 0 Å². The molecule has 3 aromatic heterocycles. The highest BCUT2D eigenvalue weighted by atomic mass is 32.1. The lowest BCUT2D eigenvalue weighted by atomic mass is 10.2. The molecule has 1 N–H and O–H groups in total. The summed E-state index contributed by atoms with van der Waals surface area (Å²) in [6.45, 7) is 0. The molecule has 20 heavy (non-hydrogen) atoms. The highest BCUT2D eigenvalue weighted by Gasteiger charge is 2.20. The second-order valence-corrected chi connectivity index (χ2v) is 4.59. The van der Waals surface area contributed by atoms with Gasteiger partial charge in [0.15, 0.2) is 5.65 Å². The normalized spacial score (nSPS) is 12.8. The first kappa shape index (κ1) is 12.7. The van der Waals surface area contributed by atoms with E-state index in [-0.39, 0.29) is 5.75 Å². The first-order valence-electron chi connectivity index (χ1n) is 5.80. The van der Waals surface area contributed by atoms with Crippen LogP contribution in [0.25, 0.3) is 16.6 Å². The minimum absolute atomic E-state index is 0.0260. The van der Waals surface area contributed by atoms with Gasteiger partial charge in [-0.1, -0.05) is 0 Å². The lowest BCUT2D eigenvalue weighted by Crippen LogP contribution is -2.31. The molecule has 102 valence electrons. The Morgan fingerprint density at radius 2 is 2.25 bits per heavy atom. The maximum atomic E-state index is 12.4. The minimum Gasteiger partial charge on any atom is -0.480 e. The average molecular weight is 290 g/mol. The summed E-state index contributed by atoms with van der Waals surface area (Å²) in [4.78, 5) is 27.7. The number of aromatic nitrogens is 4. The number of hydrogen-bond donors (Lipinski definition) is 2. The Balaban J connectivity index is 2.33. The quantitative estimate of drug-likeness (QED) is 0.689. The van der Waals surface area contributed by atoms with Gasteiger partial charge in [0.05, 0.1) is 17.1 Å². The van der Waals surface area contributed by atoms with Crippen molar-refractivity contribution < 1.29 is 9.90 Å². The zero-order valence-electron chi connectivity index (χ0n) is 10.2. The summed E-state index contributed by atoms with van der Waals surface area (Å²) in [5, 5.41) is 13.5. The molecule has 0 fully saturated rings. The summed E-state index contributed by atoms with van der Waals surface area (Å²) in [5.41, 5.74) is 0.789. The molecule has 8 heteroatoms. The molecule has 3 heterocycles. The molecule has 0 unspecified atom stereocenters. The van der Waals surface area contributed by atoms with E-state index in [1.54, 1.807) is 18.3 Å². The summed E-state index contributed by atoms with van der Waals surface area (Å²) < 4.78 is 2.69. The van der Waals surface area contributed by atoms with E-state index in [2.05, 4.69) is 22.7 Å². The Morgan fingerprint density at radius 1 is 1.45 bits per heavy atom. The Bertz CT molecular complexity index is 870. The summed E-state index contributed by atoms with van der Waals surface area (Å²) in [6.07, 6.45) is 4.46. The number of pyridine rings is 1. The zero-order chi connectivity index (χ0) is 14.3. The van der Waals surface area contributed by atoms with Gasteiger partial charge >= 0.3 is 5.97 Å². The van der Waals surface area contributed by atoms with E-state index in [1.165, 1.54) is 16.9 Å². The van der Waals surface area contributed by atoms with Crippen LogP contribution in [0.15, 0.2) is 35.5 Å². The molecular formula is C12H10N4O3S. The van der Waals surface area contributed by atoms with Gasteiger partial charge in [-0.25, -0.2) is 14.3 Å². The number of thiol groups is 1. The summed E-state index contributed by atoms with van der Waals surface area (Å²) in [6, 6.07) is 2.36. The van der Waals surface area contributed by atoms with Gasteiger partial charge in [0, 0.05) is 24.2 Å². The van der Waals surface area contributed by atoms with E-state index >= 15 is 0 Å². The van der Waals surface area contributed by atoms with Crippen molar-refractivity contribution in [2.75, 3.05) is 5.75 Å². The fourth-order valence-electron chi connectivity index (χ4n) is 2.10. The van der Waals surface area contributed by atoms with Crippen LogP contribution in [-0.2, 0) is 4.79 Å². The summed E-state index contributed by atoms with van der Waals surface area (Å²) in [5.74, 6) is -1.08. The first-order chi connectivity index (χ1) is 9.63. The molecule has 0 saturated heterocycles. The van der Waals surface area contributed by atoms with E-state index in [0.717, 1.165) is 4.57 Å². The van der Waals surface area contributed by atoms with E-state index < -0.39 is 17.6 Å². The van der Waals surface area contributed by atoms with E-state index in [1.807, 2.05) is 0 Å². The Hall–Kier alpha value is -2.35. The fraction of sp³-hybridized carbons (Fsp3) is 0.167. The number of hydrogen-bond acceptors (Lipinski definition) is 5. The Labute approximate surface area is 117 Å². The van der Waals surface area contributed by atoms with Gasteiger partial charge in [0.2, 0.25) is 0 Å². The molecule has 0 bridgehead atoms. The van der Waals surface area contributed by atoms with Gasteiger partial charge in [-0.2, -0.15) is 17.7 Å². The van der Waals surface area contributed by atoms with Crippen molar-refractivity contribution in [3.63, 3.8) is 0 Å². The van der Waals surface area contributed by atoms with Gasteiger partial charge in [-0.05, 0) is 6.07 Å². The molecule has 3 aromatic rings. The van der Waals surface area contributed by atoms with Crippen molar-refractivity contribution in [3.05, 3.63) is 41.1 Å². The van der Waals surface area contributed by atoms with Gasteiger partial charge in [0.1, 0.15) is 6.04 Å². The van der Waals surface area contributed by atoms with Gasteiger partial charge in [-0.3, -0.25) is 9.36 Å². The number of nitrogens with zero attached hydrogens (tertiary/aromatic N) is 4. The number of fused-ring (bicyclic) bond motifs is 3. The topological polar surface area (TPSA) is 89.5 Å². The molecule has 0 spiro atoms. The van der Waals surface area contributed by atoms with E-state index in [4.69, 9.17) is 5.11 Å². The molecule has 0 aromatic carbocycles. The number of carboxylic acid groups (broad SMARTS) is 1. The molecule has 0 saturated carbocycles. The second kappa shape index (κ2) is 4.64. The van der Waals surface area contributed by atoms with Gasteiger partial charge in [-0.15, -0.1) is 0 Å². The maximum Gasteiger partial charge on any atom is 0.327 e. The van der Waals surface area contributed by atoms with Crippen LogP contribution in [0.4, 0.5) is 0 Å². The molecule has 1 atom stereocenters. The molecule has 0 aliphatic carbocycles. The molecular weight excluding hydrogens is 280 g/mol. The SMILES string of the molecule is O=C(O)[C@@H](CS)n1ccc2c(cnc3ccnn32)c1=O. The summed E-state index contributed by atoms with van der Waals surface area (Å²) in [7, 11) is 0. The molecule has 0 radical (unpaired) electrons. The van der Waals surface area contributed by atoms with Crippen molar-refractivity contribution in [1.82, 2.24) is 19.2 Å². The maximum absolute atomic E-state index is 12.4. The van der Waals surface area contributed by atoms with Crippen molar-refractivity contribution in [2.45, 2.75) is 6.04 Å². The number of carbonyl (C=O) groups is 1. The fourth-order valence-corrected chi connectivity index (χ4v) is 2.44. The van der Waals surface area contributed by atoms with Crippen LogP contribution in [-0.4, -0.2) is 36.0 Å². The lowest BCUT2D eigenvalue weighted by Gasteiger charge is -2.13. The molecule has 0 amide bonds. The van der Waals surface area contributed by atoms with Crippen LogP contribution < -0.4 is 5.56 Å². The number of aliphatic carboxylic acids is 1. The third kappa shape index (κ3) is 1.76. The lowest BCUT2D eigenvalue weighted by molar-refractivity contribution is -0.140. The van der Waals surface area contributed by atoms with Crippen molar-refractivity contribution in [2.24, 2.45) is 0 Å². The highest BCUT2D eigenvalue weighted by molar-refractivity contribution is 7.80. The smallest absolute Gasteiger partial charge is 0.327 e. The van der Waals surface area contributed by atoms with Gasteiger partial charge < -0.3 is 5.11 Å². The largest absolute Gasteiger partial charge is 0.480 e. The highest BCUT2D eigenvalue weighted by Crippen LogP contribution is 2.13. The zero-order valence-corrected chi connectivity index (χ0v) is 11.1. The van der Waals surface area contributed by atoms with Crippen LogP contribution >= 0.6 is 12.6 Å². The monoisotopic (exact) mass is 290 g/mol. The molecule has 7 nitrogen and oxygen atoms in total. The van der Waals surface area contributed by atoms with Crippen LogP contribution in [0.3, 0.4) is 0 Å². The van der Waals surface area contributed by atoms with E-state index in [0.29, 0.717) is 16.6 Å². The number of carboxylic acids is 1. The third-order valence-corrected chi connectivity index (χ3v) is 3.45. The average Bonchev–Trinajstić information content (AvgIpc) is 2.90. The Morgan fingerprint density at radius 3 is 2.95 bits per heavy atom. The standard InChI is InChI=1S/C12H10N4O3S/c17-11-7-5-13-10-1-3-14-16(10)8(7)2-4-15(11)9(6-20)12(18)19/h1-5,9,20H,6H2,(H,18,19)/t9-/m1/s1. The van der Waals surface area contributed by atoms with Crippen LogP contribution in [0.1, 0.15) is 6.04 Å². The molecule has 0 aliphatic heterocycles.